The fourth-order valence-corrected chi connectivity index (χ4v) is 1.55. The molecule has 0 radical (unpaired) electrons. The zero-order valence-electron chi connectivity index (χ0n) is 7.86. The van der Waals surface area contributed by atoms with Gasteiger partial charge in [-0.05, 0) is 12.7 Å². The molecule has 0 aromatic carbocycles. The van der Waals surface area contributed by atoms with E-state index in [0.29, 0.717) is 0 Å². The summed E-state index contributed by atoms with van der Waals surface area (Å²) in [4.78, 5) is 0. The van der Waals surface area contributed by atoms with Crippen LogP contribution in [0.4, 0.5) is 0 Å². The Labute approximate surface area is 78.6 Å². The van der Waals surface area contributed by atoms with E-state index in [1.54, 1.807) is 0 Å². The Morgan fingerprint density at radius 1 is 1.50 bits per heavy atom. The van der Waals surface area contributed by atoms with Crippen molar-refractivity contribution in [3.63, 3.8) is 0 Å². The van der Waals surface area contributed by atoms with E-state index in [4.69, 9.17) is 0 Å². The highest BCUT2D eigenvalue weighted by Crippen LogP contribution is 1.94. The minimum Gasteiger partial charge on any atom is -0.237 e. The number of thioether (sulfide) groups is 1. The van der Waals surface area contributed by atoms with Gasteiger partial charge in [0.15, 0.2) is 0 Å². The summed E-state index contributed by atoms with van der Waals surface area (Å²) >= 11 is 1.89. The number of imidazole rings is 1. The summed E-state index contributed by atoms with van der Waals surface area (Å²) < 4.78 is 4.48. The van der Waals surface area contributed by atoms with Crippen LogP contribution >= 0.6 is 11.8 Å². The van der Waals surface area contributed by atoms with Gasteiger partial charge in [-0.2, -0.15) is 11.8 Å². The van der Waals surface area contributed by atoms with Crippen LogP contribution in [0.3, 0.4) is 0 Å². The second-order valence-electron chi connectivity index (χ2n) is 2.88. The first-order valence-corrected chi connectivity index (χ1v) is 5.80. The molecule has 3 heteroatoms. The monoisotopic (exact) mass is 185 g/mol. The van der Waals surface area contributed by atoms with Crippen molar-refractivity contribution >= 4 is 11.8 Å². The van der Waals surface area contributed by atoms with Crippen molar-refractivity contribution < 1.29 is 4.57 Å². The number of nitrogens with zero attached hydrogens (tertiary/aromatic N) is 2. The third-order valence-corrected chi connectivity index (χ3v) is 2.37. The molecule has 68 valence electrons. The lowest BCUT2D eigenvalue weighted by atomic mass is 10.5. The normalized spacial score (nSPS) is 10.5. The molecule has 1 rings (SSSR count). The molecule has 0 fully saturated rings. The van der Waals surface area contributed by atoms with Gasteiger partial charge in [0, 0.05) is 5.75 Å². The highest BCUT2D eigenvalue weighted by molar-refractivity contribution is 7.98. The Morgan fingerprint density at radius 3 is 3.00 bits per heavy atom. The molecular formula is C9H17N2S+. The number of hydrogen-bond donors (Lipinski definition) is 0. The number of rotatable bonds is 5. The van der Waals surface area contributed by atoms with Crippen molar-refractivity contribution in [3.8, 4) is 0 Å². The molecule has 2 nitrogen and oxygen atoms in total. The molecule has 0 amide bonds. The highest BCUT2D eigenvalue weighted by Gasteiger charge is 2.00. The van der Waals surface area contributed by atoms with E-state index in [2.05, 4.69) is 41.0 Å². The summed E-state index contributed by atoms with van der Waals surface area (Å²) in [6, 6.07) is 0. The zero-order valence-corrected chi connectivity index (χ0v) is 8.68. The maximum atomic E-state index is 2.24. The quantitative estimate of drug-likeness (QED) is 0.632. The summed E-state index contributed by atoms with van der Waals surface area (Å²) in [5.74, 6) is 1.20. The molecule has 0 unspecified atom stereocenters. The average molecular weight is 185 g/mol. The van der Waals surface area contributed by atoms with Crippen LogP contribution in [-0.4, -0.2) is 16.6 Å². The van der Waals surface area contributed by atoms with Crippen LogP contribution in [0.1, 0.15) is 13.3 Å². The van der Waals surface area contributed by atoms with E-state index >= 15 is 0 Å². The Bertz CT molecular complexity index is 220. The van der Waals surface area contributed by atoms with Gasteiger partial charge in [0.25, 0.3) is 0 Å². The van der Waals surface area contributed by atoms with Gasteiger partial charge in [-0.25, -0.2) is 9.13 Å². The first-order chi connectivity index (χ1) is 5.86. The fraction of sp³-hybridized carbons (Fsp3) is 0.667. The lowest BCUT2D eigenvalue weighted by molar-refractivity contribution is -0.696. The predicted octanol–water partition coefficient (Wildman–Crippen LogP) is 1.55. The Morgan fingerprint density at radius 2 is 2.33 bits per heavy atom. The molecule has 1 aromatic rings. The first-order valence-electron chi connectivity index (χ1n) is 4.40. The van der Waals surface area contributed by atoms with Crippen LogP contribution in [0.5, 0.6) is 0 Å². The van der Waals surface area contributed by atoms with Crippen LogP contribution < -0.4 is 4.57 Å². The van der Waals surface area contributed by atoms with E-state index in [1.807, 2.05) is 11.8 Å². The summed E-state index contributed by atoms with van der Waals surface area (Å²) in [5.41, 5.74) is 0. The number of aryl methyl sites for hydroxylation is 2. The second kappa shape index (κ2) is 5.25. The third-order valence-electron chi connectivity index (χ3n) is 1.78. The SMILES string of the molecule is CCC[n+]1ccn(CCSC)c1. The fourth-order valence-electron chi connectivity index (χ4n) is 1.16. The minimum atomic E-state index is 1.12. The molecule has 1 aromatic heterocycles. The topological polar surface area (TPSA) is 8.81 Å². The summed E-state index contributed by atoms with van der Waals surface area (Å²) in [6.45, 7) is 4.45. The Balaban J connectivity index is 2.41. The largest absolute Gasteiger partial charge is 0.243 e. The van der Waals surface area contributed by atoms with E-state index < -0.39 is 0 Å². The lowest BCUT2D eigenvalue weighted by Gasteiger charge is -1.92. The molecule has 0 saturated carbocycles. The average Bonchev–Trinajstić information content (AvgIpc) is 2.50. The van der Waals surface area contributed by atoms with Crippen LogP contribution in [0.25, 0.3) is 0 Å². The molecule has 12 heavy (non-hydrogen) atoms. The van der Waals surface area contributed by atoms with Gasteiger partial charge in [-0.15, -0.1) is 0 Å². The van der Waals surface area contributed by atoms with Crippen molar-refractivity contribution in [1.82, 2.24) is 4.57 Å². The molecule has 0 N–H and O–H groups in total. The van der Waals surface area contributed by atoms with Crippen molar-refractivity contribution in [3.05, 3.63) is 18.7 Å². The maximum Gasteiger partial charge on any atom is 0.243 e. The van der Waals surface area contributed by atoms with Crippen LogP contribution in [0, 0.1) is 0 Å². The molecule has 0 bridgehead atoms. The summed E-state index contributed by atoms with van der Waals surface area (Å²) in [5, 5.41) is 0. The first kappa shape index (κ1) is 9.65. The van der Waals surface area contributed by atoms with Gasteiger partial charge in [0.2, 0.25) is 6.33 Å². The zero-order chi connectivity index (χ0) is 8.81. The van der Waals surface area contributed by atoms with Crippen LogP contribution in [0.2, 0.25) is 0 Å². The van der Waals surface area contributed by atoms with E-state index in [9.17, 15) is 0 Å². The molecule has 0 saturated heterocycles. The third kappa shape index (κ3) is 2.89. The Hall–Kier alpha value is -0.440. The van der Waals surface area contributed by atoms with Crippen LogP contribution in [-0.2, 0) is 13.1 Å². The van der Waals surface area contributed by atoms with Gasteiger partial charge in [0.1, 0.15) is 12.4 Å². The standard InChI is InChI=1S/C9H17N2S/c1-3-4-10-5-6-11(9-10)7-8-12-2/h5-6,9H,3-4,7-8H2,1-2H3/q+1. The molecule has 0 aliphatic heterocycles. The van der Waals surface area contributed by atoms with E-state index in [-0.39, 0.29) is 0 Å². The van der Waals surface area contributed by atoms with Crippen LogP contribution in [0.15, 0.2) is 18.7 Å². The minimum absolute atomic E-state index is 1.12. The maximum absolute atomic E-state index is 2.24. The summed E-state index contributed by atoms with van der Waals surface area (Å²) in [6.07, 6.45) is 9.82. The smallest absolute Gasteiger partial charge is 0.237 e. The highest BCUT2D eigenvalue weighted by atomic mass is 32.2. The number of aromatic nitrogens is 2. The predicted molar refractivity (Wildman–Crippen MR) is 53.3 cm³/mol. The van der Waals surface area contributed by atoms with E-state index in [0.717, 1.165) is 13.1 Å². The molecular weight excluding hydrogens is 168 g/mol. The Kier molecular flexibility index (Phi) is 4.22. The molecule has 1 heterocycles. The van der Waals surface area contributed by atoms with Gasteiger partial charge >= 0.3 is 0 Å². The summed E-state index contributed by atoms with van der Waals surface area (Å²) in [7, 11) is 0. The molecule has 0 atom stereocenters. The second-order valence-corrected chi connectivity index (χ2v) is 3.87. The van der Waals surface area contributed by atoms with Crippen molar-refractivity contribution in [2.75, 3.05) is 12.0 Å². The molecule has 0 spiro atoms. The van der Waals surface area contributed by atoms with Crippen molar-refractivity contribution in [1.29, 1.82) is 0 Å². The molecule has 0 aliphatic carbocycles. The van der Waals surface area contributed by atoms with Gasteiger partial charge < -0.3 is 0 Å². The van der Waals surface area contributed by atoms with E-state index in [1.165, 1.54) is 12.2 Å². The van der Waals surface area contributed by atoms with Gasteiger partial charge in [-0.3, -0.25) is 0 Å². The van der Waals surface area contributed by atoms with Gasteiger partial charge in [0.05, 0.1) is 13.1 Å². The van der Waals surface area contributed by atoms with Crippen molar-refractivity contribution in [2.24, 2.45) is 0 Å². The number of hydrogen-bond acceptors (Lipinski definition) is 1. The molecule has 0 aliphatic rings. The van der Waals surface area contributed by atoms with Gasteiger partial charge in [-0.1, -0.05) is 6.92 Å². The lowest BCUT2D eigenvalue weighted by Crippen LogP contribution is -2.30. The van der Waals surface area contributed by atoms with Crippen molar-refractivity contribution in [2.45, 2.75) is 26.4 Å².